The minimum Gasteiger partial charge on any atom is -0.321 e. The van der Waals surface area contributed by atoms with E-state index in [4.69, 9.17) is 0 Å². The number of carbonyl (C=O) groups excluding carboxylic acids is 1. The van der Waals surface area contributed by atoms with Crippen molar-refractivity contribution >= 4 is 17.2 Å². The van der Waals surface area contributed by atoms with Gasteiger partial charge in [0.05, 0.1) is 5.69 Å². The average molecular weight is 335 g/mol. The molecule has 0 radical (unpaired) electrons. The van der Waals surface area contributed by atoms with Crippen molar-refractivity contribution in [2.45, 2.75) is 46.5 Å². The van der Waals surface area contributed by atoms with E-state index in [2.05, 4.69) is 29.4 Å². The van der Waals surface area contributed by atoms with Gasteiger partial charge in [-0.1, -0.05) is 32.4 Å². The van der Waals surface area contributed by atoms with Gasteiger partial charge in [0.15, 0.2) is 0 Å². The summed E-state index contributed by atoms with van der Waals surface area (Å²) in [7, 11) is 0. The number of pyridine rings is 1. The van der Waals surface area contributed by atoms with Crippen molar-refractivity contribution in [3.05, 3.63) is 65.1 Å². The molecule has 4 nitrogen and oxygen atoms in total. The number of nitrogens with one attached hydrogen (secondary N) is 1. The van der Waals surface area contributed by atoms with Crippen LogP contribution in [-0.4, -0.2) is 15.3 Å². The van der Waals surface area contributed by atoms with Crippen molar-refractivity contribution in [3.8, 4) is 0 Å². The van der Waals surface area contributed by atoms with Crippen LogP contribution in [0.3, 0.4) is 0 Å². The molecule has 0 atom stereocenters. The lowest BCUT2D eigenvalue weighted by atomic mass is 10.1. The van der Waals surface area contributed by atoms with Crippen molar-refractivity contribution in [2.75, 3.05) is 5.32 Å². The van der Waals surface area contributed by atoms with Gasteiger partial charge >= 0.3 is 0 Å². The van der Waals surface area contributed by atoms with E-state index in [1.807, 2.05) is 48.7 Å². The van der Waals surface area contributed by atoms with Gasteiger partial charge in [0.2, 0.25) is 0 Å². The molecular formula is C21H25N3O. The van der Waals surface area contributed by atoms with Gasteiger partial charge in [-0.15, -0.1) is 0 Å². The third-order valence-corrected chi connectivity index (χ3v) is 4.43. The Morgan fingerprint density at radius 2 is 1.92 bits per heavy atom. The van der Waals surface area contributed by atoms with Crippen LogP contribution in [0.1, 0.15) is 54.0 Å². The van der Waals surface area contributed by atoms with Gasteiger partial charge in [-0.2, -0.15) is 0 Å². The Bertz CT molecular complexity index is 878. The van der Waals surface area contributed by atoms with Crippen molar-refractivity contribution in [1.82, 2.24) is 9.38 Å². The Morgan fingerprint density at radius 1 is 1.16 bits per heavy atom. The second-order valence-corrected chi connectivity index (χ2v) is 6.45. The highest BCUT2D eigenvalue weighted by Gasteiger charge is 2.18. The number of aryl methyl sites for hydroxylation is 3. The van der Waals surface area contributed by atoms with Gasteiger partial charge in [0.25, 0.3) is 5.91 Å². The molecule has 0 aliphatic heterocycles. The molecule has 1 aromatic carbocycles. The Hall–Kier alpha value is -2.62. The predicted molar refractivity (Wildman–Crippen MR) is 102 cm³/mol. The average Bonchev–Trinajstić information content (AvgIpc) is 2.98. The van der Waals surface area contributed by atoms with Crippen LogP contribution in [0.25, 0.3) is 5.65 Å². The zero-order chi connectivity index (χ0) is 17.8. The predicted octanol–water partition coefficient (Wildman–Crippen LogP) is 4.80. The number of anilines is 1. The number of unbranched alkanes of at least 4 members (excludes halogenated alkanes) is 1. The molecule has 0 unspecified atom stereocenters. The van der Waals surface area contributed by atoms with Crippen LogP contribution in [0.4, 0.5) is 5.69 Å². The number of fused-ring (bicyclic) bond motifs is 1. The number of rotatable bonds is 6. The van der Waals surface area contributed by atoms with Gasteiger partial charge in [-0.25, -0.2) is 4.98 Å². The van der Waals surface area contributed by atoms with Gasteiger partial charge in [-0.05, 0) is 61.6 Å². The fourth-order valence-corrected chi connectivity index (χ4v) is 3.01. The molecule has 4 heteroatoms. The summed E-state index contributed by atoms with van der Waals surface area (Å²) in [4.78, 5) is 17.4. The summed E-state index contributed by atoms with van der Waals surface area (Å²) >= 11 is 0. The summed E-state index contributed by atoms with van der Waals surface area (Å²) in [5, 5.41) is 3.01. The highest BCUT2D eigenvalue weighted by Crippen LogP contribution is 2.18. The number of hydrogen-bond acceptors (Lipinski definition) is 2. The first-order valence-corrected chi connectivity index (χ1v) is 9.00. The molecule has 1 N–H and O–H groups in total. The summed E-state index contributed by atoms with van der Waals surface area (Å²) < 4.78 is 1.87. The lowest BCUT2D eigenvalue weighted by Gasteiger charge is -2.08. The maximum Gasteiger partial charge on any atom is 0.274 e. The van der Waals surface area contributed by atoms with Crippen molar-refractivity contribution in [1.29, 1.82) is 0 Å². The molecule has 25 heavy (non-hydrogen) atoms. The monoisotopic (exact) mass is 335 g/mol. The van der Waals surface area contributed by atoms with Crippen LogP contribution in [0.5, 0.6) is 0 Å². The maximum atomic E-state index is 12.8. The zero-order valence-electron chi connectivity index (χ0n) is 15.2. The van der Waals surface area contributed by atoms with E-state index in [9.17, 15) is 4.79 Å². The topological polar surface area (TPSA) is 46.4 Å². The summed E-state index contributed by atoms with van der Waals surface area (Å²) in [5.74, 6) is -0.116. The molecule has 2 aromatic heterocycles. The van der Waals surface area contributed by atoms with Gasteiger partial charge < -0.3 is 5.32 Å². The Labute approximate surface area is 148 Å². The van der Waals surface area contributed by atoms with Crippen molar-refractivity contribution < 1.29 is 4.79 Å². The summed E-state index contributed by atoms with van der Waals surface area (Å²) in [6.07, 6.45) is 6.09. The molecular weight excluding hydrogens is 310 g/mol. The van der Waals surface area contributed by atoms with Crippen LogP contribution >= 0.6 is 0 Å². The molecule has 0 bridgehead atoms. The molecule has 3 rings (SSSR count). The zero-order valence-corrected chi connectivity index (χ0v) is 15.2. The highest BCUT2D eigenvalue weighted by molar-refractivity contribution is 6.04. The first-order chi connectivity index (χ1) is 12.1. The van der Waals surface area contributed by atoms with Crippen molar-refractivity contribution in [2.24, 2.45) is 0 Å². The minimum atomic E-state index is -0.116. The molecule has 0 saturated carbocycles. The number of hydrogen-bond donors (Lipinski definition) is 1. The first kappa shape index (κ1) is 17.2. The van der Waals surface area contributed by atoms with Gasteiger partial charge in [0.1, 0.15) is 11.3 Å². The van der Waals surface area contributed by atoms with Crippen LogP contribution in [0.2, 0.25) is 0 Å². The Morgan fingerprint density at radius 3 is 2.60 bits per heavy atom. The fourth-order valence-electron chi connectivity index (χ4n) is 3.01. The van der Waals surface area contributed by atoms with Crippen LogP contribution < -0.4 is 5.32 Å². The first-order valence-electron chi connectivity index (χ1n) is 9.00. The number of imidazole rings is 1. The SMILES string of the molecule is CCCCc1ccc(NC(=O)c2c(CC)nc3cc(C)ccn23)cc1. The number of amides is 1. The number of benzene rings is 1. The second kappa shape index (κ2) is 7.51. The number of carbonyl (C=O) groups is 1. The molecule has 3 aromatic rings. The Kier molecular flexibility index (Phi) is 5.17. The van der Waals surface area contributed by atoms with Crippen LogP contribution in [0, 0.1) is 6.92 Å². The van der Waals surface area contributed by atoms with E-state index in [1.54, 1.807) is 0 Å². The van der Waals surface area contributed by atoms with Crippen molar-refractivity contribution in [3.63, 3.8) is 0 Å². The smallest absolute Gasteiger partial charge is 0.274 e. The summed E-state index contributed by atoms with van der Waals surface area (Å²) in [6, 6.07) is 12.1. The van der Waals surface area contributed by atoms with E-state index < -0.39 is 0 Å². The van der Waals surface area contributed by atoms with Crippen LogP contribution in [-0.2, 0) is 12.8 Å². The lowest BCUT2D eigenvalue weighted by molar-refractivity contribution is 0.102. The van der Waals surface area contributed by atoms with E-state index in [0.29, 0.717) is 5.69 Å². The molecule has 130 valence electrons. The molecule has 0 aliphatic carbocycles. The summed E-state index contributed by atoms with van der Waals surface area (Å²) in [5.41, 5.74) is 5.51. The van der Waals surface area contributed by atoms with E-state index in [0.717, 1.165) is 35.4 Å². The fraction of sp³-hybridized carbons (Fsp3) is 0.333. The van der Waals surface area contributed by atoms with E-state index in [1.165, 1.54) is 18.4 Å². The summed E-state index contributed by atoms with van der Waals surface area (Å²) in [6.45, 7) is 6.24. The second-order valence-electron chi connectivity index (χ2n) is 6.45. The van der Waals surface area contributed by atoms with Gasteiger partial charge in [-0.3, -0.25) is 9.20 Å². The molecule has 0 aliphatic rings. The molecule has 1 amide bonds. The largest absolute Gasteiger partial charge is 0.321 e. The number of nitrogens with zero attached hydrogens (tertiary/aromatic N) is 2. The third-order valence-electron chi connectivity index (χ3n) is 4.43. The van der Waals surface area contributed by atoms with Gasteiger partial charge in [0, 0.05) is 11.9 Å². The molecule has 2 heterocycles. The Balaban J connectivity index is 1.84. The quantitative estimate of drug-likeness (QED) is 0.703. The minimum absolute atomic E-state index is 0.116. The van der Waals surface area contributed by atoms with E-state index in [-0.39, 0.29) is 5.91 Å². The third kappa shape index (κ3) is 3.73. The maximum absolute atomic E-state index is 12.8. The normalized spacial score (nSPS) is 11.0. The molecule has 0 spiro atoms. The van der Waals surface area contributed by atoms with E-state index >= 15 is 0 Å². The highest BCUT2D eigenvalue weighted by atomic mass is 16.2. The molecule has 0 fully saturated rings. The molecule has 0 saturated heterocycles. The lowest BCUT2D eigenvalue weighted by Crippen LogP contribution is -2.16. The standard InChI is InChI=1S/C21H25N3O/c1-4-6-7-16-8-10-17(11-9-16)22-21(25)20-18(5-2)23-19-14-15(3)12-13-24(19)20/h8-14H,4-7H2,1-3H3,(H,22,25). The van der Waals surface area contributed by atoms with Crippen LogP contribution in [0.15, 0.2) is 42.6 Å². The number of aromatic nitrogens is 2.